The first-order valence-electron chi connectivity index (χ1n) is 8.82. The van der Waals surface area contributed by atoms with Crippen molar-refractivity contribution < 1.29 is 26.8 Å². The van der Waals surface area contributed by atoms with E-state index in [0.717, 1.165) is 0 Å². The lowest BCUT2D eigenvalue weighted by Crippen LogP contribution is -2.39. The number of nitrogens with zero attached hydrogens (tertiary/aromatic N) is 4. The summed E-state index contributed by atoms with van der Waals surface area (Å²) in [4.78, 5) is 14.3. The van der Waals surface area contributed by atoms with Crippen molar-refractivity contribution in [1.82, 2.24) is 25.3 Å². The number of amides is 1. The van der Waals surface area contributed by atoms with Crippen molar-refractivity contribution in [2.75, 3.05) is 13.1 Å². The van der Waals surface area contributed by atoms with Gasteiger partial charge in [0.05, 0.1) is 11.6 Å². The van der Waals surface area contributed by atoms with E-state index in [2.05, 4.69) is 20.4 Å². The third kappa shape index (κ3) is 3.98. The summed E-state index contributed by atoms with van der Waals surface area (Å²) < 4.78 is 55.8. The Morgan fingerprint density at radius 2 is 1.97 bits per heavy atom. The normalized spacial score (nSPS) is 17.5. The molecular formula is C18H15F4N5O2. The van der Waals surface area contributed by atoms with Gasteiger partial charge in [0.25, 0.3) is 5.91 Å². The molecule has 0 radical (unpaired) electrons. The Hall–Kier alpha value is -3.24. The van der Waals surface area contributed by atoms with E-state index in [-0.39, 0.29) is 29.9 Å². The lowest BCUT2D eigenvalue weighted by molar-refractivity contribution is -0.157. The standard InChI is InChI=1S/C18H15F4N5O2/c19-12-5-3-10(4-6-12)13-8-14(24-23-13)16(28)27-7-1-2-11(9-27)15-25-26-17(29-15)18(20,21)22/h3-6,8,11H,1-2,7,9H2,(H,23,24). The summed E-state index contributed by atoms with van der Waals surface area (Å²) in [5.41, 5.74) is 1.35. The van der Waals surface area contributed by atoms with Crippen molar-refractivity contribution in [3.05, 3.63) is 53.6 Å². The smallest absolute Gasteiger partial charge is 0.417 e. The van der Waals surface area contributed by atoms with Gasteiger partial charge in [-0.2, -0.15) is 18.3 Å². The van der Waals surface area contributed by atoms with Crippen LogP contribution in [0.2, 0.25) is 0 Å². The highest BCUT2D eigenvalue weighted by molar-refractivity contribution is 5.93. The van der Waals surface area contributed by atoms with Gasteiger partial charge in [0, 0.05) is 18.7 Å². The summed E-state index contributed by atoms with van der Waals surface area (Å²) in [7, 11) is 0. The summed E-state index contributed by atoms with van der Waals surface area (Å²) >= 11 is 0. The van der Waals surface area contributed by atoms with Crippen molar-refractivity contribution in [3.63, 3.8) is 0 Å². The largest absolute Gasteiger partial charge is 0.470 e. The second-order valence-electron chi connectivity index (χ2n) is 6.71. The molecule has 1 atom stereocenters. The van der Waals surface area contributed by atoms with Crippen LogP contribution in [0.1, 0.15) is 41.0 Å². The summed E-state index contributed by atoms with van der Waals surface area (Å²) in [6.45, 7) is 0.601. The summed E-state index contributed by atoms with van der Waals surface area (Å²) in [5, 5.41) is 13.3. The first-order chi connectivity index (χ1) is 13.8. The molecule has 152 valence electrons. The van der Waals surface area contributed by atoms with Gasteiger partial charge in [0.15, 0.2) is 0 Å². The molecule has 4 rings (SSSR count). The first kappa shape index (κ1) is 19.1. The number of carbonyl (C=O) groups is 1. The third-order valence-corrected chi connectivity index (χ3v) is 4.69. The van der Waals surface area contributed by atoms with Gasteiger partial charge in [0.2, 0.25) is 5.89 Å². The number of carbonyl (C=O) groups excluding carboxylic acids is 1. The Morgan fingerprint density at radius 1 is 1.21 bits per heavy atom. The monoisotopic (exact) mass is 409 g/mol. The van der Waals surface area contributed by atoms with Crippen molar-refractivity contribution in [2.45, 2.75) is 24.9 Å². The molecule has 1 unspecified atom stereocenters. The highest BCUT2D eigenvalue weighted by Crippen LogP contribution is 2.32. The Bertz CT molecular complexity index is 1010. The number of hydrogen-bond donors (Lipinski definition) is 1. The van der Waals surface area contributed by atoms with Crippen LogP contribution in [0.15, 0.2) is 34.7 Å². The molecule has 7 nitrogen and oxygen atoms in total. The van der Waals surface area contributed by atoms with Crippen LogP contribution in [0.5, 0.6) is 0 Å². The molecular weight excluding hydrogens is 394 g/mol. The molecule has 0 bridgehead atoms. The highest BCUT2D eigenvalue weighted by Gasteiger charge is 2.39. The maximum Gasteiger partial charge on any atom is 0.470 e. The zero-order valence-corrected chi connectivity index (χ0v) is 14.9. The van der Waals surface area contributed by atoms with Crippen molar-refractivity contribution in [2.24, 2.45) is 0 Å². The molecule has 3 heterocycles. The summed E-state index contributed by atoms with van der Waals surface area (Å²) in [6, 6.07) is 7.23. The second kappa shape index (κ2) is 7.30. The number of alkyl halides is 3. The minimum atomic E-state index is -4.71. The van der Waals surface area contributed by atoms with Crippen LogP contribution in [0.25, 0.3) is 11.3 Å². The minimum Gasteiger partial charge on any atom is -0.417 e. The highest BCUT2D eigenvalue weighted by atomic mass is 19.4. The minimum absolute atomic E-state index is 0.133. The quantitative estimate of drug-likeness (QED) is 0.668. The van der Waals surface area contributed by atoms with E-state index in [9.17, 15) is 22.4 Å². The fourth-order valence-electron chi connectivity index (χ4n) is 3.25. The van der Waals surface area contributed by atoms with Crippen LogP contribution < -0.4 is 0 Å². The van der Waals surface area contributed by atoms with E-state index >= 15 is 0 Å². The van der Waals surface area contributed by atoms with Gasteiger partial charge in [-0.15, -0.1) is 10.2 Å². The van der Waals surface area contributed by atoms with Gasteiger partial charge in [-0.05, 0) is 43.2 Å². The maximum atomic E-state index is 13.1. The van der Waals surface area contributed by atoms with Crippen molar-refractivity contribution in [1.29, 1.82) is 0 Å². The molecule has 0 saturated carbocycles. The molecule has 3 aromatic rings. The first-order valence-corrected chi connectivity index (χ1v) is 8.82. The Morgan fingerprint density at radius 3 is 2.66 bits per heavy atom. The molecule has 1 aliphatic rings. The van der Waals surface area contributed by atoms with Gasteiger partial charge < -0.3 is 9.32 Å². The van der Waals surface area contributed by atoms with E-state index < -0.39 is 18.0 Å². The lowest BCUT2D eigenvalue weighted by atomic mass is 9.97. The molecule has 0 aliphatic carbocycles. The van der Waals surface area contributed by atoms with Crippen LogP contribution in [0.4, 0.5) is 17.6 Å². The number of piperidine rings is 1. The number of nitrogens with one attached hydrogen (secondary N) is 1. The summed E-state index contributed by atoms with van der Waals surface area (Å²) in [5.74, 6) is -2.73. The Kier molecular flexibility index (Phi) is 4.81. The van der Waals surface area contributed by atoms with Gasteiger partial charge >= 0.3 is 12.1 Å². The fourth-order valence-corrected chi connectivity index (χ4v) is 3.25. The van der Waals surface area contributed by atoms with Crippen molar-refractivity contribution in [3.8, 4) is 11.3 Å². The molecule has 29 heavy (non-hydrogen) atoms. The van der Waals surface area contributed by atoms with Crippen LogP contribution in [0, 0.1) is 5.82 Å². The number of benzene rings is 1. The molecule has 11 heteroatoms. The average molecular weight is 409 g/mol. The molecule has 1 fully saturated rings. The average Bonchev–Trinajstić information content (AvgIpc) is 3.38. The Labute approximate surface area is 161 Å². The second-order valence-corrected chi connectivity index (χ2v) is 6.71. The maximum absolute atomic E-state index is 13.1. The number of hydrogen-bond acceptors (Lipinski definition) is 5. The zero-order valence-electron chi connectivity index (χ0n) is 14.9. The van der Waals surface area contributed by atoms with Crippen LogP contribution in [0.3, 0.4) is 0 Å². The third-order valence-electron chi connectivity index (χ3n) is 4.69. The van der Waals surface area contributed by atoms with E-state index in [0.29, 0.717) is 30.6 Å². The number of halogens is 4. The molecule has 2 aromatic heterocycles. The lowest BCUT2D eigenvalue weighted by Gasteiger charge is -2.30. The predicted molar refractivity (Wildman–Crippen MR) is 91.2 cm³/mol. The number of rotatable bonds is 3. The molecule has 1 aliphatic heterocycles. The van der Waals surface area contributed by atoms with E-state index in [1.807, 2.05) is 0 Å². The van der Waals surface area contributed by atoms with Crippen LogP contribution in [-0.4, -0.2) is 44.3 Å². The molecule has 1 amide bonds. The molecule has 1 N–H and O–H groups in total. The molecule has 1 saturated heterocycles. The number of aromatic amines is 1. The molecule has 1 aromatic carbocycles. The number of H-pyrrole nitrogens is 1. The van der Waals surface area contributed by atoms with Gasteiger partial charge in [0.1, 0.15) is 11.5 Å². The summed E-state index contributed by atoms with van der Waals surface area (Å²) in [6.07, 6.45) is -3.59. The van der Waals surface area contributed by atoms with E-state index in [1.54, 1.807) is 18.2 Å². The van der Waals surface area contributed by atoms with Crippen molar-refractivity contribution >= 4 is 5.91 Å². The SMILES string of the molecule is O=C(c1cc(-c2ccc(F)cc2)n[nH]1)N1CCCC(c2nnc(C(F)(F)F)o2)C1. The topological polar surface area (TPSA) is 87.9 Å². The Balaban J connectivity index is 1.48. The number of likely N-dealkylation sites (tertiary alicyclic amines) is 1. The van der Waals surface area contributed by atoms with Gasteiger partial charge in [-0.3, -0.25) is 9.89 Å². The molecule has 0 spiro atoms. The zero-order chi connectivity index (χ0) is 20.6. The van der Waals surface area contributed by atoms with E-state index in [4.69, 9.17) is 4.42 Å². The van der Waals surface area contributed by atoms with Crippen LogP contribution in [-0.2, 0) is 6.18 Å². The predicted octanol–water partition coefficient (Wildman–Crippen LogP) is 3.64. The van der Waals surface area contributed by atoms with E-state index in [1.165, 1.54) is 17.0 Å². The number of aromatic nitrogens is 4. The van der Waals surface area contributed by atoms with Gasteiger partial charge in [-0.25, -0.2) is 4.39 Å². The fraction of sp³-hybridized carbons (Fsp3) is 0.333. The van der Waals surface area contributed by atoms with Crippen LogP contribution >= 0.6 is 0 Å². The van der Waals surface area contributed by atoms with Gasteiger partial charge in [-0.1, -0.05) is 0 Å².